The van der Waals surface area contributed by atoms with Crippen molar-refractivity contribution in [1.82, 2.24) is 5.01 Å². The van der Waals surface area contributed by atoms with Crippen molar-refractivity contribution in [3.8, 4) is 0 Å². The average Bonchev–Trinajstić information content (AvgIpc) is 2.18. The Morgan fingerprint density at radius 3 is 3.11 bits per heavy atom. The van der Waals surface area contributed by atoms with Crippen LogP contribution in [-0.4, -0.2) is 24.8 Å². The van der Waals surface area contributed by atoms with Crippen LogP contribution in [0.2, 0.25) is 0 Å². The highest BCUT2D eigenvalue weighted by Gasteiger charge is 2.14. The van der Waals surface area contributed by atoms with Crippen LogP contribution in [0, 0.1) is 0 Å². The Morgan fingerprint density at radius 1 is 1.89 bits per heavy atom. The molecule has 0 amide bonds. The molecular formula is C6H12N2O. The Bertz CT molecular complexity index is 114. The molecule has 3 nitrogen and oxygen atoms in total. The maximum Gasteiger partial charge on any atom is 0.0713 e. The monoisotopic (exact) mass is 128 g/mol. The van der Waals surface area contributed by atoms with E-state index in [2.05, 4.69) is 0 Å². The first-order chi connectivity index (χ1) is 4.34. The number of nitrogens with zero attached hydrogens (tertiary/aromatic N) is 1. The predicted molar refractivity (Wildman–Crippen MR) is 35.4 cm³/mol. The summed E-state index contributed by atoms with van der Waals surface area (Å²) in [4.78, 5) is 0. The van der Waals surface area contributed by atoms with Crippen molar-refractivity contribution in [1.29, 1.82) is 0 Å². The van der Waals surface area contributed by atoms with Gasteiger partial charge >= 0.3 is 0 Å². The number of rotatable bonds is 2. The van der Waals surface area contributed by atoms with Gasteiger partial charge in [-0.2, -0.15) is 0 Å². The third-order valence-corrected chi connectivity index (χ3v) is 1.47. The van der Waals surface area contributed by atoms with E-state index in [4.69, 9.17) is 10.6 Å². The highest BCUT2D eigenvalue weighted by molar-refractivity contribution is 4.95. The van der Waals surface area contributed by atoms with Gasteiger partial charge in [-0.15, -0.1) is 0 Å². The summed E-state index contributed by atoms with van der Waals surface area (Å²) in [6.45, 7) is 0.712. The molecule has 3 heteroatoms. The van der Waals surface area contributed by atoms with Crippen LogP contribution in [0.5, 0.6) is 0 Å². The van der Waals surface area contributed by atoms with E-state index >= 15 is 0 Å². The lowest BCUT2D eigenvalue weighted by Crippen LogP contribution is -2.35. The zero-order chi connectivity index (χ0) is 6.69. The van der Waals surface area contributed by atoms with Crippen molar-refractivity contribution >= 4 is 0 Å². The Balaban J connectivity index is 2.28. The molecule has 0 saturated heterocycles. The number of methoxy groups -OCH3 is 1. The molecule has 1 rings (SSSR count). The molecule has 0 aromatic carbocycles. The summed E-state index contributed by atoms with van der Waals surface area (Å²) < 4.78 is 4.93. The van der Waals surface area contributed by atoms with Gasteiger partial charge in [0.1, 0.15) is 0 Å². The van der Waals surface area contributed by atoms with Crippen LogP contribution >= 0.6 is 0 Å². The molecule has 0 spiro atoms. The van der Waals surface area contributed by atoms with Gasteiger partial charge in [-0.3, -0.25) is 0 Å². The normalized spacial score (nSPS) is 25.6. The number of hydrazine groups is 1. The Labute approximate surface area is 55.1 Å². The predicted octanol–water partition coefficient (Wildman–Crippen LogP) is 0.0945. The Hall–Kier alpha value is -0.540. The smallest absolute Gasteiger partial charge is 0.0713 e. The van der Waals surface area contributed by atoms with Crippen LogP contribution < -0.4 is 5.84 Å². The zero-order valence-corrected chi connectivity index (χ0v) is 5.58. The van der Waals surface area contributed by atoms with Gasteiger partial charge in [0, 0.05) is 13.3 Å². The molecule has 0 aliphatic carbocycles. The maximum atomic E-state index is 5.53. The van der Waals surface area contributed by atoms with Gasteiger partial charge in [0.2, 0.25) is 0 Å². The quantitative estimate of drug-likeness (QED) is 0.536. The highest BCUT2D eigenvalue weighted by atomic mass is 16.5. The second-order valence-corrected chi connectivity index (χ2v) is 2.18. The number of hydrogen-bond donors (Lipinski definition) is 1. The van der Waals surface area contributed by atoms with Crippen LogP contribution in [0.1, 0.15) is 6.42 Å². The van der Waals surface area contributed by atoms with Gasteiger partial charge in [-0.1, -0.05) is 6.08 Å². The molecule has 52 valence electrons. The van der Waals surface area contributed by atoms with Gasteiger partial charge in [-0.05, 0) is 6.42 Å². The summed E-state index contributed by atoms with van der Waals surface area (Å²) in [6.07, 6.45) is 4.93. The lowest BCUT2D eigenvalue weighted by Gasteiger charge is -2.18. The molecule has 0 radical (unpaired) electrons. The molecular weight excluding hydrogens is 116 g/mol. The molecule has 1 atom stereocenters. The molecule has 0 aromatic rings. The summed E-state index contributed by atoms with van der Waals surface area (Å²) in [5, 5.41) is 1.68. The van der Waals surface area contributed by atoms with Crippen LogP contribution in [-0.2, 0) is 4.74 Å². The minimum atomic E-state index is 0.356. The van der Waals surface area contributed by atoms with E-state index in [1.165, 1.54) is 0 Å². The molecule has 1 aliphatic heterocycles. The maximum absolute atomic E-state index is 5.53. The third kappa shape index (κ3) is 1.43. The van der Waals surface area contributed by atoms with Gasteiger partial charge in [0.05, 0.1) is 12.6 Å². The van der Waals surface area contributed by atoms with Gasteiger partial charge in [0.15, 0.2) is 0 Å². The summed E-state index contributed by atoms with van der Waals surface area (Å²) >= 11 is 0. The molecule has 0 unspecified atom stereocenters. The van der Waals surface area contributed by atoms with E-state index in [-0.39, 0.29) is 0 Å². The molecule has 0 saturated carbocycles. The molecule has 1 heterocycles. The first-order valence-electron chi connectivity index (χ1n) is 3.03. The fraction of sp³-hybridized carbons (Fsp3) is 0.667. The lowest BCUT2D eigenvalue weighted by molar-refractivity contribution is 0.127. The molecule has 0 aromatic heterocycles. The second kappa shape index (κ2) is 2.85. The molecule has 2 N–H and O–H groups in total. The van der Waals surface area contributed by atoms with E-state index < -0.39 is 0 Å². The van der Waals surface area contributed by atoms with Crippen molar-refractivity contribution in [2.75, 3.05) is 13.7 Å². The van der Waals surface area contributed by atoms with Crippen molar-refractivity contribution in [3.63, 3.8) is 0 Å². The third-order valence-electron chi connectivity index (χ3n) is 1.47. The van der Waals surface area contributed by atoms with Crippen LogP contribution in [0.25, 0.3) is 0 Å². The Morgan fingerprint density at radius 2 is 2.67 bits per heavy atom. The molecule has 0 bridgehead atoms. The average molecular weight is 128 g/mol. The van der Waals surface area contributed by atoms with Crippen molar-refractivity contribution in [2.24, 2.45) is 5.84 Å². The van der Waals surface area contributed by atoms with Gasteiger partial charge in [0.25, 0.3) is 0 Å². The molecule has 0 fully saturated rings. The summed E-state index contributed by atoms with van der Waals surface area (Å²) in [5.41, 5.74) is 0. The summed E-state index contributed by atoms with van der Waals surface area (Å²) in [7, 11) is 1.69. The van der Waals surface area contributed by atoms with E-state index in [9.17, 15) is 0 Å². The van der Waals surface area contributed by atoms with Gasteiger partial charge in [-0.25, -0.2) is 5.84 Å². The minimum Gasteiger partial charge on any atom is -0.382 e. The van der Waals surface area contributed by atoms with Gasteiger partial charge < -0.3 is 9.75 Å². The number of hydrogen-bond acceptors (Lipinski definition) is 3. The number of ether oxygens (including phenoxy) is 1. The van der Waals surface area contributed by atoms with E-state index in [0.29, 0.717) is 12.6 Å². The van der Waals surface area contributed by atoms with E-state index in [1.807, 2.05) is 12.3 Å². The van der Waals surface area contributed by atoms with Crippen LogP contribution in [0.15, 0.2) is 12.3 Å². The van der Waals surface area contributed by atoms with Crippen LogP contribution in [0.3, 0.4) is 0 Å². The van der Waals surface area contributed by atoms with Crippen molar-refractivity contribution in [2.45, 2.75) is 12.5 Å². The highest BCUT2D eigenvalue weighted by Crippen LogP contribution is 2.08. The topological polar surface area (TPSA) is 38.5 Å². The largest absolute Gasteiger partial charge is 0.382 e. The fourth-order valence-corrected chi connectivity index (χ4v) is 0.930. The standard InChI is InChI=1S/C6H12N2O/c1-9-5-6-3-2-4-8(6)7/h2,4,6H,3,5,7H2,1H3/t6-/m1/s1. The SMILES string of the molecule is COC[C@H]1CC=CN1N. The van der Waals surface area contributed by atoms with Crippen molar-refractivity contribution < 1.29 is 4.74 Å². The van der Waals surface area contributed by atoms with E-state index in [0.717, 1.165) is 6.42 Å². The van der Waals surface area contributed by atoms with Crippen molar-refractivity contribution in [3.05, 3.63) is 12.3 Å². The first-order valence-corrected chi connectivity index (χ1v) is 3.03. The van der Waals surface area contributed by atoms with Crippen LogP contribution in [0.4, 0.5) is 0 Å². The first kappa shape index (κ1) is 6.58. The molecule has 9 heavy (non-hydrogen) atoms. The van der Waals surface area contributed by atoms with E-state index in [1.54, 1.807) is 12.1 Å². The lowest BCUT2D eigenvalue weighted by atomic mass is 10.2. The molecule has 1 aliphatic rings. The number of nitrogens with two attached hydrogens (primary N) is 1. The second-order valence-electron chi connectivity index (χ2n) is 2.18. The Kier molecular flexibility index (Phi) is 2.08. The summed E-state index contributed by atoms with van der Waals surface area (Å²) in [6, 6.07) is 0.356. The fourth-order valence-electron chi connectivity index (χ4n) is 0.930. The zero-order valence-electron chi connectivity index (χ0n) is 5.58. The minimum absolute atomic E-state index is 0.356. The summed E-state index contributed by atoms with van der Waals surface area (Å²) in [5.74, 6) is 5.53.